The third kappa shape index (κ3) is 2.76. The van der Waals surface area contributed by atoms with Crippen LogP contribution < -0.4 is 5.32 Å². The number of carbonyl (C=O) groups excluding carboxylic acids is 1. The van der Waals surface area contributed by atoms with Crippen LogP contribution in [0, 0.1) is 5.92 Å². The van der Waals surface area contributed by atoms with Crippen molar-refractivity contribution in [3.63, 3.8) is 0 Å². The summed E-state index contributed by atoms with van der Waals surface area (Å²) in [6, 6.07) is 0. The molecule has 1 aliphatic carbocycles. The fourth-order valence-electron chi connectivity index (χ4n) is 1.02. The van der Waals surface area contributed by atoms with Crippen molar-refractivity contribution in [1.29, 1.82) is 0 Å². The van der Waals surface area contributed by atoms with E-state index >= 15 is 0 Å². The molecule has 0 heterocycles. The van der Waals surface area contributed by atoms with Crippen LogP contribution in [-0.2, 0) is 4.79 Å². The van der Waals surface area contributed by atoms with Gasteiger partial charge >= 0.3 is 6.18 Å². The number of rotatable bonds is 2. The quantitative estimate of drug-likeness (QED) is 0.682. The van der Waals surface area contributed by atoms with Crippen LogP contribution in [0.4, 0.5) is 13.2 Å². The largest absolute Gasteiger partial charge is 0.398 e. The first kappa shape index (κ1) is 10.6. The minimum absolute atomic E-state index is 0.146. The molecule has 0 radical (unpaired) electrons. The van der Waals surface area contributed by atoms with Crippen molar-refractivity contribution < 1.29 is 18.0 Å². The van der Waals surface area contributed by atoms with Gasteiger partial charge in [-0.15, -0.1) is 0 Å². The summed E-state index contributed by atoms with van der Waals surface area (Å²) < 4.78 is 36.9. The molecule has 1 amide bonds. The average Bonchev–Trinajstić information content (AvgIpc) is 2.29. The number of alkyl halides is 3. The number of carbonyl (C=O) groups is 1. The van der Waals surface area contributed by atoms with Crippen LogP contribution in [0.3, 0.4) is 0 Å². The van der Waals surface area contributed by atoms with Gasteiger partial charge in [0.15, 0.2) is 0 Å². The Bertz CT molecular complexity index is 302. The van der Waals surface area contributed by atoms with Crippen molar-refractivity contribution in [3.8, 4) is 0 Å². The van der Waals surface area contributed by atoms with Gasteiger partial charge in [-0.25, -0.2) is 0 Å². The van der Waals surface area contributed by atoms with E-state index in [1.807, 2.05) is 0 Å². The van der Waals surface area contributed by atoms with Crippen molar-refractivity contribution in [3.05, 3.63) is 36.1 Å². The van der Waals surface area contributed by atoms with Gasteiger partial charge in [-0.2, -0.15) is 13.2 Å². The molecule has 1 aliphatic rings. The van der Waals surface area contributed by atoms with E-state index in [1.165, 1.54) is 18.2 Å². The maximum absolute atomic E-state index is 12.3. The van der Waals surface area contributed by atoms with Gasteiger partial charge in [0.1, 0.15) is 0 Å². The van der Waals surface area contributed by atoms with Gasteiger partial charge in [-0.1, -0.05) is 18.2 Å². The van der Waals surface area contributed by atoms with Crippen molar-refractivity contribution in [2.75, 3.05) is 0 Å². The molecule has 0 saturated heterocycles. The van der Waals surface area contributed by atoms with E-state index in [1.54, 1.807) is 0 Å². The zero-order valence-electron chi connectivity index (χ0n) is 7.08. The summed E-state index contributed by atoms with van der Waals surface area (Å²) >= 11 is 0. The molecule has 0 fully saturated rings. The summed E-state index contributed by atoms with van der Waals surface area (Å²) in [5, 5.41) is 2.18. The van der Waals surface area contributed by atoms with Crippen LogP contribution in [-0.4, -0.2) is 12.6 Å². The normalized spacial score (nSPS) is 21.4. The van der Waals surface area contributed by atoms with Crippen LogP contribution in [0.1, 0.15) is 0 Å². The van der Waals surface area contributed by atoms with E-state index in [0.717, 1.165) is 12.2 Å². The fraction of sp³-hybridized carbons (Fsp3) is 0.222. The van der Waals surface area contributed by atoms with Crippen molar-refractivity contribution in [2.24, 2.45) is 5.92 Å². The first-order valence-electron chi connectivity index (χ1n) is 3.87. The summed E-state index contributed by atoms with van der Waals surface area (Å²) in [5.74, 6) is -1.65. The molecule has 1 unspecified atom stereocenters. The highest BCUT2D eigenvalue weighted by atomic mass is 19.4. The number of halogens is 3. The fourth-order valence-corrected chi connectivity index (χ4v) is 1.02. The molecule has 2 nitrogen and oxygen atoms in total. The summed E-state index contributed by atoms with van der Waals surface area (Å²) in [6.07, 6.45) is 2.14. The van der Waals surface area contributed by atoms with Crippen molar-refractivity contribution in [1.82, 2.24) is 5.32 Å². The van der Waals surface area contributed by atoms with Gasteiger partial charge < -0.3 is 5.32 Å². The Kier molecular flexibility index (Phi) is 3.11. The predicted molar refractivity (Wildman–Crippen MR) is 45.1 cm³/mol. The Hall–Kier alpha value is -1.52. The molecular formula is C9H8F3NO. The third-order valence-electron chi connectivity index (χ3n) is 1.67. The maximum Gasteiger partial charge on any atom is 0.398 e. The standard InChI is InChI=1S/C9H8F3NO/c10-9(11,12)7-3-1-2-4-8(5-7)13-6-14/h1-7H,(H,13,14). The van der Waals surface area contributed by atoms with Gasteiger partial charge in [0.25, 0.3) is 0 Å². The lowest BCUT2D eigenvalue weighted by molar-refractivity contribution is -0.149. The lowest BCUT2D eigenvalue weighted by Gasteiger charge is -2.12. The van der Waals surface area contributed by atoms with Gasteiger partial charge in [0, 0.05) is 5.70 Å². The van der Waals surface area contributed by atoms with Gasteiger partial charge in [-0.3, -0.25) is 4.79 Å². The van der Waals surface area contributed by atoms with Gasteiger partial charge in [0.05, 0.1) is 5.92 Å². The van der Waals surface area contributed by atoms with Crippen LogP contribution in [0.2, 0.25) is 0 Å². The van der Waals surface area contributed by atoms with Crippen molar-refractivity contribution in [2.45, 2.75) is 6.18 Å². The number of allylic oxidation sites excluding steroid dienone is 5. The van der Waals surface area contributed by atoms with E-state index in [9.17, 15) is 18.0 Å². The topological polar surface area (TPSA) is 29.1 Å². The lowest BCUT2D eigenvalue weighted by Crippen LogP contribution is -2.20. The van der Waals surface area contributed by atoms with Crippen LogP contribution in [0.5, 0.6) is 0 Å². The minimum Gasteiger partial charge on any atom is -0.329 e. The zero-order chi connectivity index (χ0) is 10.6. The Balaban J connectivity index is 2.88. The van der Waals surface area contributed by atoms with Crippen LogP contribution in [0.25, 0.3) is 0 Å². The molecule has 0 saturated carbocycles. The number of amides is 1. The lowest BCUT2D eigenvalue weighted by atomic mass is 10.1. The molecular weight excluding hydrogens is 195 g/mol. The number of hydrogen-bond donors (Lipinski definition) is 1. The van der Waals surface area contributed by atoms with Crippen LogP contribution in [0.15, 0.2) is 36.1 Å². The molecule has 5 heteroatoms. The smallest absolute Gasteiger partial charge is 0.329 e. The highest BCUT2D eigenvalue weighted by Crippen LogP contribution is 2.29. The summed E-state index contributed by atoms with van der Waals surface area (Å²) in [6.45, 7) is 0. The SMILES string of the molecule is O=CNC1=CC(C(F)(F)F)C=CC=C1. The monoisotopic (exact) mass is 203 g/mol. The Morgan fingerprint density at radius 1 is 1.36 bits per heavy atom. The maximum atomic E-state index is 12.3. The first-order chi connectivity index (χ1) is 6.54. The molecule has 14 heavy (non-hydrogen) atoms. The molecule has 0 spiro atoms. The molecule has 0 aromatic heterocycles. The Labute approximate surface area is 78.8 Å². The van der Waals surface area contributed by atoms with Gasteiger partial charge in [-0.05, 0) is 12.2 Å². The van der Waals surface area contributed by atoms with E-state index < -0.39 is 12.1 Å². The first-order valence-corrected chi connectivity index (χ1v) is 3.87. The van der Waals surface area contributed by atoms with E-state index in [0.29, 0.717) is 6.41 Å². The van der Waals surface area contributed by atoms with Crippen LogP contribution >= 0.6 is 0 Å². The zero-order valence-corrected chi connectivity index (χ0v) is 7.08. The summed E-state index contributed by atoms with van der Waals surface area (Å²) in [7, 11) is 0. The summed E-state index contributed by atoms with van der Waals surface area (Å²) in [4.78, 5) is 10.1. The number of nitrogens with one attached hydrogen (secondary N) is 1. The Morgan fingerprint density at radius 2 is 2.07 bits per heavy atom. The van der Waals surface area contributed by atoms with Gasteiger partial charge in [0.2, 0.25) is 6.41 Å². The van der Waals surface area contributed by atoms with E-state index in [2.05, 4.69) is 5.32 Å². The molecule has 1 rings (SSSR count). The second-order valence-electron chi connectivity index (χ2n) is 2.70. The van der Waals surface area contributed by atoms with E-state index in [4.69, 9.17) is 0 Å². The molecule has 1 atom stereocenters. The minimum atomic E-state index is -4.32. The molecule has 0 aliphatic heterocycles. The Morgan fingerprint density at radius 3 is 2.64 bits per heavy atom. The highest BCUT2D eigenvalue weighted by molar-refractivity contribution is 5.52. The second kappa shape index (κ2) is 4.13. The third-order valence-corrected chi connectivity index (χ3v) is 1.67. The highest BCUT2D eigenvalue weighted by Gasteiger charge is 2.36. The average molecular weight is 203 g/mol. The molecule has 76 valence electrons. The van der Waals surface area contributed by atoms with E-state index in [-0.39, 0.29) is 5.70 Å². The summed E-state index contributed by atoms with van der Waals surface area (Å²) in [5.41, 5.74) is 0.146. The molecule has 0 aromatic carbocycles. The molecule has 1 N–H and O–H groups in total. The molecule has 0 aromatic rings. The number of hydrogen-bond acceptors (Lipinski definition) is 1. The van der Waals surface area contributed by atoms with Crippen molar-refractivity contribution >= 4 is 6.41 Å². The second-order valence-corrected chi connectivity index (χ2v) is 2.70. The predicted octanol–water partition coefficient (Wildman–Crippen LogP) is 1.92. The molecule has 0 bridgehead atoms.